The Kier molecular flexibility index (Phi) is 9.13. The van der Waals surface area contributed by atoms with Crippen molar-refractivity contribution in [3.63, 3.8) is 0 Å². The largest absolute Gasteiger partial charge is 0.497 e. The third-order valence-corrected chi connectivity index (χ3v) is 8.59. The molecule has 0 radical (unpaired) electrons. The lowest BCUT2D eigenvalue weighted by Gasteiger charge is -2.36. The van der Waals surface area contributed by atoms with E-state index in [1.807, 2.05) is 26.0 Å². The van der Waals surface area contributed by atoms with Gasteiger partial charge in [0.25, 0.3) is 10.0 Å². The number of methoxy groups -OCH3 is 1. The van der Waals surface area contributed by atoms with E-state index < -0.39 is 16.1 Å². The Morgan fingerprint density at radius 1 is 1.12 bits per heavy atom. The molecule has 1 aromatic carbocycles. The zero-order valence-corrected chi connectivity index (χ0v) is 21.1. The first-order valence-corrected chi connectivity index (χ1v) is 13.6. The number of sulfonamides is 1. The van der Waals surface area contributed by atoms with Crippen molar-refractivity contribution in [1.82, 2.24) is 14.9 Å². The van der Waals surface area contributed by atoms with Crippen molar-refractivity contribution in [3.05, 3.63) is 41.8 Å². The minimum atomic E-state index is -3.70. The van der Waals surface area contributed by atoms with Crippen LogP contribution in [-0.4, -0.2) is 71.6 Å². The molecule has 1 aliphatic rings. The lowest BCUT2D eigenvalue weighted by atomic mass is 10.1. The van der Waals surface area contributed by atoms with Crippen LogP contribution in [0.3, 0.4) is 0 Å². The quantitative estimate of drug-likeness (QED) is 0.466. The maximum atomic E-state index is 12.7. The molecular formula is C23H34N4O4S2. The van der Waals surface area contributed by atoms with Crippen molar-refractivity contribution in [2.75, 3.05) is 51.3 Å². The van der Waals surface area contributed by atoms with Crippen LogP contribution in [0.1, 0.15) is 20.3 Å². The molecule has 182 valence electrons. The van der Waals surface area contributed by atoms with Crippen LogP contribution in [-0.2, 0) is 14.8 Å². The van der Waals surface area contributed by atoms with E-state index in [-0.39, 0.29) is 16.0 Å². The zero-order valence-electron chi connectivity index (χ0n) is 19.5. The molecule has 0 spiro atoms. The average Bonchev–Trinajstić information content (AvgIpc) is 3.37. The number of ether oxygens (including phenoxy) is 1. The van der Waals surface area contributed by atoms with E-state index in [9.17, 15) is 13.2 Å². The second-order valence-corrected chi connectivity index (χ2v) is 11.3. The smallest absolute Gasteiger partial charge is 0.250 e. The van der Waals surface area contributed by atoms with Gasteiger partial charge in [-0.15, -0.1) is 11.3 Å². The first-order chi connectivity index (χ1) is 15.8. The number of carbonyl (C=O) groups is 1. The number of carbonyl (C=O) groups excluding carboxylic acids is 1. The van der Waals surface area contributed by atoms with Gasteiger partial charge in [0.1, 0.15) is 16.0 Å². The van der Waals surface area contributed by atoms with Gasteiger partial charge >= 0.3 is 0 Å². The Labute approximate surface area is 201 Å². The van der Waals surface area contributed by atoms with Gasteiger partial charge in [-0.2, -0.15) is 4.72 Å². The number of nitrogens with one attached hydrogen (secondary N) is 2. The molecule has 0 aliphatic carbocycles. The molecule has 0 bridgehead atoms. The third kappa shape index (κ3) is 7.17. The molecule has 1 aliphatic heterocycles. The summed E-state index contributed by atoms with van der Waals surface area (Å²) in [5.74, 6) is 0.415. The van der Waals surface area contributed by atoms with E-state index >= 15 is 0 Å². The molecule has 1 atom stereocenters. The predicted molar refractivity (Wildman–Crippen MR) is 133 cm³/mol. The number of hydrogen-bond acceptors (Lipinski definition) is 7. The lowest BCUT2D eigenvalue weighted by molar-refractivity contribution is -0.123. The van der Waals surface area contributed by atoms with Crippen LogP contribution in [0.5, 0.6) is 5.75 Å². The van der Waals surface area contributed by atoms with E-state index in [1.54, 1.807) is 18.6 Å². The topological polar surface area (TPSA) is 91.0 Å². The Morgan fingerprint density at radius 3 is 2.39 bits per heavy atom. The highest BCUT2D eigenvalue weighted by molar-refractivity contribution is 7.91. The average molecular weight is 495 g/mol. The van der Waals surface area contributed by atoms with Crippen LogP contribution in [0.25, 0.3) is 0 Å². The normalized spacial score (nSPS) is 16.1. The third-order valence-electron chi connectivity index (χ3n) is 5.75. The highest BCUT2D eigenvalue weighted by Gasteiger charge is 2.28. The van der Waals surface area contributed by atoms with Crippen molar-refractivity contribution < 1.29 is 17.9 Å². The van der Waals surface area contributed by atoms with Crippen LogP contribution in [0.15, 0.2) is 46.0 Å². The summed E-state index contributed by atoms with van der Waals surface area (Å²) in [4.78, 5) is 17.4. The van der Waals surface area contributed by atoms with Crippen LogP contribution >= 0.6 is 11.3 Å². The van der Waals surface area contributed by atoms with Gasteiger partial charge in [0.2, 0.25) is 5.91 Å². The Balaban J connectivity index is 1.39. The Hall–Kier alpha value is -2.14. The van der Waals surface area contributed by atoms with Crippen molar-refractivity contribution >= 4 is 33.0 Å². The summed E-state index contributed by atoms with van der Waals surface area (Å²) in [7, 11) is -2.03. The fraction of sp³-hybridized carbons (Fsp3) is 0.522. The van der Waals surface area contributed by atoms with E-state index in [0.29, 0.717) is 6.54 Å². The highest BCUT2D eigenvalue weighted by Crippen LogP contribution is 2.20. The van der Waals surface area contributed by atoms with Crippen molar-refractivity contribution in [2.24, 2.45) is 5.92 Å². The number of benzene rings is 1. The van der Waals surface area contributed by atoms with E-state index in [0.717, 1.165) is 56.2 Å². The molecule has 2 N–H and O–H groups in total. The molecule has 33 heavy (non-hydrogen) atoms. The SMILES string of the molecule is COc1ccc(N2CCN(CCCNC(=O)[C@H](NS(=O)(=O)c3cccs3)C(C)C)CC2)cc1. The number of thiophene rings is 1. The van der Waals surface area contributed by atoms with Crippen LogP contribution in [0.4, 0.5) is 5.69 Å². The number of nitrogens with zero attached hydrogens (tertiary/aromatic N) is 2. The summed E-state index contributed by atoms with van der Waals surface area (Å²) < 4.78 is 33.0. The first kappa shape index (κ1) is 25.5. The molecule has 1 saturated heterocycles. The molecule has 1 amide bonds. The molecule has 2 heterocycles. The fourth-order valence-corrected chi connectivity index (χ4v) is 6.13. The van der Waals surface area contributed by atoms with Gasteiger partial charge in [-0.3, -0.25) is 9.69 Å². The number of hydrogen-bond donors (Lipinski definition) is 2. The minimum absolute atomic E-state index is 0.161. The second kappa shape index (κ2) is 11.8. The molecule has 1 fully saturated rings. The minimum Gasteiger partial charge on any atom is -0.497 e. The molecule has 2 aromatic rings. The number of piperazine rings is 1. The summed E-state index contributed by atoms with van der Waals surface area (Å²) in [6, 6.07) is 10.6. The molecule has 0 saturated carbocycles. The number of anilines is 1. The Bertz CT molecular complexity index is 970. The van der Waals surface area contributed by atoms with E-state index in [1.165, 1.54) is 11.8 Å². The van der Waals surface area contributed by atoms with Gasteiger partial charge in [0, 0.05) is 38.4 Å². The maximum absolute atomic E-state index is 12.7. The van der Waals surface area contributed by atoms with Gasteiger partial charge in [-0.25, -0.2) is 8.42 Å². The standard InChI is InChI=1S/C23H34N4O4S2/c1-18(2)22(25-33(29,30)21-6-4-17-32-21)23(28)24-11-5-12-26-13-15-27(16-14-26)19-7-9-20(31-3)10-8-19/h4,6-10,17-18,22,25H,5,11-16H2,1-3H3,(H,24,28)/t22-/m1/s1. The van der Waals surface area contributed by atoms with Crippen LogP contribution in [0.2, 0.25) is 0 Å². The van der Waals surface area contributed by atoms with Gasteiger partial charge < -0.3 is 15.0 Å². The molecular weight excluding hydrogens is 460 g/mol. The molecule has 10 heteroatoms. The van der Waals surface area contributed by atoms with Crippen molar-refractivity contribution in [2.45, 2.75) is 30.5 Å². The van der Waals surface area contributed by atoms with Gasteiger partial charge in [-0.05, 0) is 54.6 Å². The first-order valence-electron chi connectivity index (χ1n) is 11.2. The summed E-state index contributed by atoms with van der Waals surface area (Å²) in [6.45, 7) is 8.93. The summed E-state index contributed by atoms with van der Waals surface area (Å²) >= 11 is 1.14. The fourth-order valence-electron chi connectivity index (χ4n) is 3.78. The van der Waals surface area contributed by atoms with Gasteiger partial charge in [0.15, 0.2) is 0 Å². The zero-order chi connectivity index (χ0) is 23.8. The number of rotatable bonds is 11. The summed E-state index contributed by atoms with van der Waals surface area (Å²) in [5, 5.41) is 4.61. The van der Waals surface area contributed by atoms with Crippen molar-refractivity contribution in [3.8, 4) is 5.75 Å². The summed E-state index contributed by atoms with van der Waals surface area (Å²) in [5.41, 5.74) is 1.20. The number of amides is 1. The lowest BCUT2D eigenvalue weighted by Crippen LogP contribution is -2.50. The highest BCUT2D eigenvalue weighted by atomic mass is 32.2. The molecule has 8 nitrogen and oxygen atoms in total. The second-order valence-electron chi connectivity index (χ2n) is 8.45. The van der Waals surface area contributed by atoms with Crippen molar-refractivity contribution in [1.29, 1.82) is 0 Å². The Morgan fingerprint density at radius 2 is 1.82 bits per heavy atom. The monoisotopic (exact) mass is 494 g/mol. The van der Waals surface area contributed by atoms with Crippen LogP contribution < -0.4 is 19.7 Å². The van der Waals surface area contributed by atoms with Crippen LogP contribution in [0, 0.1) is 5.92 Å². The van der Waals surface area contributed by atoms with E-state index in [4.69, 9.17) is 4.74 Å². The molecule has 1 aromatic heterocycles. The van der Waals surface area contributed by atoms with Gasteiger partial charge in [0.05, 0.1) is 7.11 Å². The van der Waals surface area contributed by atoms with Gasteiger partial charge in [-0.1, -0.05) is 19.9 Å². The maximum Gasteiger partial charge on any atom is 0.250 e. The molecule has 3 rings (SSSR count). The molecule has 0 unspecified atom stereocenters. The predicted octanol–water partition coefficient (Wildman–Crippen LogP) is 2.39. The summed E-state index contributed by atoms with van der Waals surface area (Å²) in [6.07, 6.45) is 0.816. The van der Waals surface area contributed by atoms with E-state index in [2.05, 4.69) is 32.0 Å².